The smallest absolute Gasteiger partial charge is 0.0674 e. The Bertz CT molecular complexity index is 166. The fourth-order valence-corrected chi connectivity index (χ4v) is 1.94. The minimum atomic E-state index is 0.0605. The van der Waals surface area contributed by atoms with Crippen LogP contribution in [0.4, 0.5) is 0 Å². The van der Waals surface area contributed by atoms with Gasteiger partial charge in [-0.1, -0.05) is 6.92 Å². The summed E-state index contributed by atoms with van der Waals surface area (Å²) in [4.78, 5) is 2.24. The lowest BCUT2D eigenvalue weighted by atomic mass is 10.0. The van der Waals surface area contributed by atoms with E-state index in [1.165, 1.54) is 0 Å². The minimum Gasteiger partial charge on any atom is -0.395 e. The molecule has 0 aromatic heterocycles. The molecule has 0 aromatic rings. The van der Waals surface area contributed by atoms with Gasteiger partial charge < -0.3 is 15.6 Å². The molecule has 0 bridgehead atoms. The van der Waals surface area contributed by atoms with Gasteiger partial charge in [0.2, 0.25) is 0 Å². The number of hydrogen-bond acceptors (Lipinski definition) is 4. The normalized spacial score (nSPS) is 28.7. The molecule has 3 unspecified atom stereocenters. The maximum Gasteiger partial charge on any atom is 0.0674 e. The average molecular weight is 202 g/mol. The summed E-state index contributed by atoms with van der Waals surface area (Å²) in [7, 11) is 0. The van der Waals surface area contributed by atoms with Crippen molar-refractivity contribution in [2.75, 3.05) is 26.3 Å². The van der Waals surface area contributed by atoms with Crippen LogP contribution >= 0.6 is 0 Å². The molecule has 14 heavy (non-hydrogen) atoms. The van der Waals surface area contributed by atoms with Crippen LogP contribution in [0.3, 0.4) is 0 Å². The van der Waals surface area contributed by atoms with Gasteiger partial charge in [0.15, 0.2) is 0 Å². The topological polar surface area (TPSA) is 58.7 Å². The molecule has 0 amide bonds. The third kappa shape index (κ3) is 2.92. The first kappa shape index (κ1) is 11.9. The third-order valence-corrected chi connectivity index (χ3v) is 2.89. The fourth-order valence-electron chi connectivity index (χ4n) is 1.94. The summed E-state index contributed by atoms with van der Waals surface area (Å²) in [6.45, 7) is 6.74. The molecule has 1 fully saturated rings. The predicted molar refractivity (Wildman–Crippen MR) is 56.1 cm³/mol. The van der Waals surface area contributed by atoms with Crippen molar-refractivity contribution in [2.45, 2.75) is 38.5 Å². The van der Waals surface area contributed by atoms with Crippen LogP contribution in [0.15, 0.2) is 0 Å². The summed E-state index contributed by atoms with van der Waals surface area (Å²) in [5.74, 6) is 0. The van der Waals surface area contributed by atoms with Gasteiger partial charge in [0, 0.05) is 25.2 Å². The van der Waals surface area contributed by atoms with Crippen molar-refractivity contribution in [3.8, 4) is 0 Å². The number of ether oxygens (including phenoxy) is 1. The molecule has 1 rings (SSSR count). The molecule has 0 aliphatic carbocycles. The van der Waals surface area contributed by atoms with Crippen molar-refractivity contribution in [3.63, 3.8) is 0 Å². The average Bonchev–Trinajstić information content (AvgIpc) is 2.19. The van der Waals surface area contributed by atoms with Crippen LogP contribution in [0.25, 0.3) is 0 Å². The van der Waals surface area contributed by atoms with E-state index in [9.17, 15) is 5.11 Å². The molecule has 84 valence electrons. The van der Waals surface area contributed by atoms with Crippen LogP contribution < -0.4 is 5.73 Å². The van der Waals surface area contributed by atoms with Gasteiger partial charge in [0.05, 0.1) is 19.3 Å². The Morgan fingerprint density at radius 3 is 2.86 bits per heavy atom. The Balaban J connectivity index is 2.50. The lowest BCUT2D eigenvalue weighted by Crippen LogP contribution is -2.55. The minimum absolute atomic E-state index is 0.0605. The molecular formula is C10H22N2O2. The summed E-state index contributed by atoms with van der Waals surface area (Å²) < 4.78 is 5.45. The van der Waals surface area contributed by atoms with E-state index in [0.29, 0.717) is 0 Å². The fraction of sp³-hybridized carbons (Fsp3) is 1.00. The van der Waals surface area contributed by atoms with Gasteiger partial charge in [-0.3, -0.25) is 4.90 Å². The largest absolute Gasteiger partial charge is 0.395 e. The van der Waals surface area contributed by atoms with Crippen molar-refractivity contribution >= 4 is 0 Å². The number of aliphatic hydroxyl groups is 1. The van der Waals surface area contributed by atoms with Crippen LogP contribution in [-0.4, -0.2) is 54.5 Å². The van der Waals surface area contributed by atoms with E-state index < -0.39 is 0 Å². The maximum atomic E-state index is 9.30. The summed E-state index contributed by atoms with van der Waals surface area (Å²) >= 11 is 0. The molecule has 1 heterocycles. The third-order valence-electron chi connectivity index (χ3n) is 2.89. The Morgan fingerprint density at radius 1 is 1.64 bits per heavy atom. The molecule has 0 radical (unpaired) electrons. The zero-order valence-corrected chi connectivity index (χ0v) is 9.15. The van der Waals surface area contributed by atoms with Crippen molar-refractivity contribution in [2.24, 2.45) is 5.73 Å². The Labute approximate surface area is 86.0 Å². The standard InChI is InChI=1S/C10H22N2O2/c1-3-9(11)10(7-13)12-4-5-14-8(2)6-12/h8-10,13H,3-7,11H2,1-2H3. The highest BCUT2D eigenvalue weighted by Crippen LogP contribution is 2.11. The van der Waals surface area contributed by atoms with Crippen LogP contribution in [0, 0.1) is 0 Å². The molecule has 1 aliphatic rings. The zero-order valence-electron chi connectivity index (χ0n) is 9.15. The SMILES string of the molecule is CCC(N)C(CO)N1CCOC(C)C1. The van der Waals surface area contributed by atoms with Gasteiger partial charge in [-0.2, -0.15) is 0 Å². The number of aliphatic hydroxyl groups excluding tert-OH is 1. The van der Waals surface area contributed by atoms with E-state index >= 15 is 0 Å². The van der Waals surface area contributed by atoms with E-state index in [0.717, 1.165) is 26.1 Å². The van der Waals surface area contributed by atoms with Crippen LogP contribution in [0.1, 0.15) is 20.3 Å². The highest BCUT2D eigenvalue weighted by molar-refractivity contribution is 4.83. The first-order chi connectivity index (χ1) is 6.69. The summed E-state index contributed by atoms with van der Waals surface area (Å²) in [5, 5.41) is 9.30. The molecule has 3 atom stereocenters. The monoisotopic (exact) mass is 202 g/mol. The van der Waals surface area contributed by atoms with E-state index in [4.69, 9.17) is 10.5 Å². The summed E-state index contributed by atoms with van der Waals surface area (Å²) in [6, 6.07) is 0.150. The lowest BCUT2D eigenvalue weighted by Gasteiger charge is -2.38. The quantitative estimate of drug-likeness (QED) is 0.663. The Kier molecular flexibility index (Phi) is 4.81. The number of hydrogen-bond donors (Lipinski definition) is 2. The van der Waals surface area contributed by atoms with Crippen molar-refractivity contribution in [3.05, 3.63) is 0 Å². The molecule has 4 nitrogen and oxygen atoms in total. The van der Waals surface area contributed by atoms with Crippen LogP contribution in [0.5, 0.6) is 0 Å². The summed E-state index contributed by atoms with van der Waals surface area (Å²) in [5.41, 5.74) is 5.96. The maximum absolute atomic E-state index is 9.30. The molecule has 1 aliphatic heterocycles. The molecule has 0 aromatic carbocycles. The van der Waals surface area contributed by atoms with Crippen LogP contribution in [-0.2, 0) is 4.74 Å². The first-order valence-corrected chi connectivity index (χ1v) is 5.41. The van der Waals surface area contributed by atoms with E-state index in [2.05, 4.69) is 18.7 Å². The van der Waals surface area contributed by atoms with Gasteiger partial charge in [-0.05, 0) is 13.3 Å². The molecular weight excluding hydrogens is 180 g/mol. The summed E-state index contributed by atoms with van der Waals surface area (Å²) in [6.07, 6.45) is 1.15. The molecule has 0 spiro atoms. The number of rotatable bonds is 4. The van der Waals surface area contributed by atoms with Gasteiger partial charge in [0.1, 0.15) is 0 Å². The second kappa shape index (κ2) is 5.66. The van der Waals surface area contributed by atoms with E-state index in [1.807, 2.05) is 0 Å². The molecule has 3 N–H and O–H groups in total. The number of morpholine rings is 1. The van der Waals surface area contributed by atoms with Crippen molar-refractivity contribution in [1.82, 2.24) is 4.90 Å². The van der Waals surface area contributed by atoms with Crippen molar-refractivity contribution in [1.29, 1.82) is 0 Å². The highest BCUT2D eigenvalue weighted by Gasteiger charge is 2.27. The predicted octanol–water partition coefficient (Wildman–Crippen LogP) is -0.195. The van der Waals surface area contributed by atoms with Crippen LogP contribution in [0.2, 0.25) is 0 Å². The first-order valence-electron chi connectivity index (χ1n) is 5.41. The molecule has 4 heteroatoms. The Hall–Kier alpha value is -0.160. The zero-order chi connectivity index (χ0) is 10.6. The Morgan fingerprint density at radius 2 is 2.36 bits per heavy atom. The second-order valence-electron chi connectivity index (χ2n) is 4.00. The van der Waals surface area contributed by atoms with Crippen molar-refractivity contribution < 1.29 is 9.84 Å². The number of nitrogens with zero attached hydrogens (tertiary/aromatic N) is 1. The van der Waals surface area contributed by atoms with Gasteiger partial charge >= 0.3 is 0 Å². The molecule has 0 saturated carbocycles. The molecule has 1 saturated heterocycles. The lowest BCUT2D eigenvalue weighted by molar-refractivity contribution is -0.0466. The van der Waals surface area contributed by atoms with Gasteiger partial charge in [-0.15, -0.1) is 0 Å². The van der Waals surface area contributed by atoms with E-state index in [-0.39, 0.29) is 24.8 Å². The number of nitrogens with two attached hydrogens (primary N) is 1. The van der Waals surface area contributed by atoms with Gasteiger partial charge in [0.25, 0.3) is 0 Å². The highest BCUT2D eigenvalue weighted by atomic mass is 16.5. The van der Waals surface area contributed by atoms with Gasteiger partial charge in [-0.25, -0.2) is 0 Å². The van der Waals surface area contributed by atoms with E-state index in [1.54, 1.807) is 0 Å². The second-order valence-corrected chi connectivity index (χ2v) is 4.00.